The summed E-state index contributed by atoms with van der Waals surface area (Å²) in [7, 11) is 0. The van der Waals surface area contributed by atoms with Crippen LogP contribution in [0.5, 0.6) is 0 Å². The molecule has 1 N–H and O–H groups in total. The van der Waals surface area contributed by atoms with Gasteiger partial charge in [-0.05, 0) is 45.1 Å². The van der Waals surface area contributed by atoms with Crippen LogP contribution in [-0.2, 0) is 24.0 Å². The Bertz CT molecular complexity index is 956. The molecule has 1 atom stereocenters. The molecular formula is C27H35NO5. The summed E-state index contributed by atoms with van der Waals surface area (Å²) in [5, 5.41) is 0. The van der Waals surface area contributed by atoms with Gasteiger partial charge in [0.2, 0.25) is 0 Å². The summed E-state index contributed by atoms with van der Waals surface area (Å²) >= 11 is 0. The van der Waals surface area contributed by atoms with Crippen molar-refractivity contribution in [1.29, 1.82) is 0 Å². The molecule has 1 aliphatic rings. The smallest absolute Gasteiger partial charge is 0.332 e. The second kappa shape index (κ2) is 12.3. The number of unbranched alkanes of at least 4 members (excludes halogenated alkanes) is 2. The quantitative estimate of drug-likeness (QED) is 0.301. The second-order valence-electron chi connectivity index (χ2n) is 9.11. The Hall–Kier alpha value is -3.02. The summed E-state index contributed by atoms with van der Waals surface area (Å²) in [6.07, 6.45) is 3.42. The van der Waals surface area contributed by atoms with E-state index in [1.807, 2.05) is 44.2 Å². The molecule has 0 aliphatic heterocycles. The number of benzene rings is 1. The van der Waals surface area contributed by atoms with Gasteiger partial charge in [0.15, 0.2) is 11.6 Å². The van der Waals surface area contributed by atoms with Crippen molar-refractivity contribution >= 4 is 23.4 Å². The van der Waals surface area contributed by atoms with E-state index < -0.39 is 5.97 Å². The molecule has 2 rings (SSSR count). The monoisotopic (exact) mass is 453 g/mol. The number of carbonyl (C=O) groups excluding carboxylic acids is 4. The lowest BCUT2D eigenvalue weighted by molar-refractivity contribution is -0.159. The first kappa shape index (κ1) is 26.2. The molecule has 0 fully saturated rings. The van der Waals surface area contributed by atoms with Gasteiger partial charge in [-0.25, -0.2) is 4.79 Å². The van der Waals surface area contributed by atoms with Crippen LogP contribution in [0, 0.1) is 5.92 Å². The van der Waals surface area contributed by atoms with Gasteiger partial charge >= 0.3 is 5.97 Å². The van der Waals surface area contributed by atoms with Crippen molar-refractivity contribution in [3.8, 4) is 0 Å². The molecule has 0 heterocycles. The van der Waals surface area contributed by atoms with Gasteiger partial charge in [-0.15, -0.1) is 0 Å². The van der Waals surface area contributed by atoms with Crippen molar-refractivity contribution in [2.75, 3.05) is 0 Å². The predicted molar refractivity (Wildman–Crippen MR) is 127 cm³/mol. The lowest BCUT2D eigenvalue weighted by Gasteiger charge is -2.26. The SMILES string of the molecule is CC1=C(C)C(=O)C(C(CCCCCC(=O)NOC(=O)CC(C)C)c2ccccc2)=C(C)C1=O. The van der Waals surface area contributed by atoms with Gasteiger partial charge in [0, 0.05) is 34.6 Å². The molecule has 0 aromatic heterocycles. The first-order valence-electron chi connectivity index (χ1n) is 11.6. The Kier molecular flexibility index (Phi) is 9.76. The third kappa shape index (κ3) is 7.24. The van der Waals surface area contributed by atoms with Crippen LogP contribution in [0.2, 0.25) is 0 Å². The Balaban J connectivity index is 1.96. The second-order valence-corrected chi connectivity index (χ2v) is 9.11. The van der Waals surface area contributed by atoms with E-state index in [1.165, 1.54) is 0 Å². The molecule has 6 nitrogen and oxygen atoms in total. The molecule has 0 spiro atoms. The van der Waals surface area contributed by atoms with Crippen molar-refractivity contribution in [3.05, 3.63) is 58.2 Å². The standard InChI is InChI=1S/C27H35NO5/c1-17(2)16-24(30)33-28-23(29)15-11-7-10-14-22(21-12-8-6-9-13-21)25-20(5)26(31)18(3)19(4)27(25)32/h6,8-9,12-13,17,22H,7,10-11,14-16H2,1-5H3,(H,28,29). The maximum atomic E-state index is 13.1. The van der Waals surface area contributed by atoms with Crippen LogP contribution in [0.3, 0.4) is 0 Å². The molecule has 1 aromatic carbocycles. The summed E-state index contributed by atoms with van der Waals surface area (Å²) in [5.74, 6) is -0.891. The molecule has 1 aromatic rings. The van der Waals surface area contributed by atoms with Gasteiger partial charge in [0.05, 0.1) is 6.42 Å². The maximum absolute atomic E-state index is 13.1. The molecule has 6 heteroatoms. The number of nitrogens with one attached hydrogen (secondary N) is 1. The van der Waals surface area contributed by atoms with Crippen LogP contribution in [0.25, 0.3) is 0 Å². The van der Waals surface area contributed by atoms with E-state index in [-0.39, 0.29) is 42.2 Å². The number of allylic oxidation sites excluding steroid dienone is 4. The maximum Gasteiger partial charge on any atom is 0.332 e. The van der Waals surface area contributed by atoms with Crippen LogP contribution in [-0.4, -0.2) is 23.4 Å². The fourth-order valence-electron chi connectivity index (χ4n) is 4.05. The number of carbonyl (C=O) groups is 4. The van der Waals surface area contributed by atoms with E-state index in [0.29, 0.717) is 35.1 Å². The highest BCUT2D eigenvalue weighted by Crippen LogP contribution is 2.37. The van der Waals surface area contributed by atoms with E-state index in [4.69, 9.17) is 4.84 Å². The Morgan fingerprint density at radius 3 is 2.15 bits per heavy atom. The predicted octanol–water partition coefficient (Wildman–Crippen LogP) is 5.15. The Morgan fingerprint density at radius 2 is 1.52 bits per heavy atom. The number of Topliss-reactive ketones (excluding diaryl/α,β-unsaturated/α-hetero) is 2. The van der Waals surface area contributed by atoms with Crippen molar-refractivity contribution in [2.45, 2.75) is 79.1 Å². The summed E-state index contributed by atoms with van der Waals surface area (Å²) in [5.41, 5.74) is 5.37. The van der Waals surface area contributed by atoms with Crippen LogP contribution in [0.15, 0.2) is 52.6 Å². The fraction of sp³-hybridized carbons (Fsp3) is 0.481. The third-order valence-electron chi connectivity index (χ3n) is 6.03. The fourth-order valence-corrected chi connectivity index (χ4v) is 4.05. The van der Waals surface area contributed by atoms with Crippen LogP contribution < -0.4 is 5.48 Å². The van der Waals surface area contributed by atoms with E-state index in [0.717, 1.165) is 18.4 Å². The van der Waals surface area contributed by atoms with E-state index in [1.54, 1.807) is 20.8 Å². The third-order valence-corrected chi connectivity index (χ3v) is 6.03. The first-order valence-corrected chi connectivity index (χ1v) is 11.6. The van der Waals surface area contributed by atoms with Gasteiger partial charge in [0.25, 0.3) is 5.91 Å². The minimum absolute atomic E-state index is 0.0546. The van der Waals surface area contributed by atoms with E-state index in [2.05, 4.69) is 5.48 Å². The average molecular weight is 454 g/mol. The van der Waals surface area contributed by atoms with Crippen molar-refractivity contribution in [3.63, 3.8) is 0 Å². The lowest BCUT2D eigenvalue weighted by Crippen LogP contribution is -2.27. The van der Waals surface area contributed by atoms with E-state index in [9.17, 15) is 19.2 Å². The number of ketones is 2. The van der Waals surface area contributed by atoms with Gasteiger partial charge in [-0.2, -0.15) is 5.48 Å². The number of hydrogen-bond donors (Lipinski definition) is 1. The first-order chi connectivity index (χ1) is 15.6. The van der Waals surface area contributed by atoms with E-state index >= 15 is 0 Å². The molecule has 0 saturated carbocycles. The molecule has 1 unspecified atom stereocenters. The summed E-state index contributed by atoms with van der Waals surface area (Å²) in [6.45, 7) is 8.97. The Morgan fingerprint density at radius 1 is 0.879 bits per heavy atom. The van der Waals surface area contributed by atoms with Gasteiger partial charge < -0.3 is 4.84 Å². The highest BCUT2D eigenvalue weighted by molar-refractivity contribution is 6.25. The van der Waals surface area contributed by atoms with Gasteiger partial charge in [-0.3, -0.25) is 14.4 Å². The summed E-state index contributed by atoms with van der Waals surface area (Å²) < 4.78 is 0. The van der Waals surface area contributed by atoms with Crippen molar-refractivity contribution < 1.29 is 24.0 Å². The topological polar surface area (TPSA) is 89.5 Å². The molecule has 1 amide bonds. The molecular weight excluding hydrogens is 418 g/mol. The van der Waals surface area contributed by atoms with Crippen molar-refractivity contribution in [2.24, 2.45) is 5.92 Å². The summed E-state index contributed by atoms with van der Waals surface area (Å²) in [6, 6.07) is 9.78. The molecule has 33 heavy (non-hydrogen) atoms. The zero-order chi connectivity index (χ0) is 24.5. The number of hydrogen-bond acceptors (Lipinski definition) is 5. The molecule has 0 radical (unpaired) electrons. The normalized spacial score (nSPS) is 15.2. The molecule has 0 bridgehead atoms. The van der Waals surface area contributed by atoms with Crippen LogP contribution in [0.1, 0.15) is 84.6 Å². The van der Waals surface area contributed by atoms with Gasteiger partial charge in [0.1, 0.15) is 0 Å². The highest BCUT2D eigenvalue weighted by Gasteiger charge is 2.33. The highest BCUT2D eigenvalue weighted by atomic mass is 16.7. The lowest BCUT2D eigenvalue weighted by atomic mass is 9.76. The minimum atomic E-state index is -0.445. The average Bonchev–Trinajstić information content (AvgIpc) is 2.79. The van der Waals surface area contributed by atoms with Gasteiger partial charge in [-0.1, -0.05) is 57.0 Å². The molecule has 178 valence electrons. The molecule has 1 aliphatic carbocycles. The zero-order valence-corrected chi connectivity index (χ0v) is 20.3. The Labute approximate surface area is 196 Å². The zero-order valence-electron chi connectivity index (χ0n) is 20.3. The van der Waals surface area contributed by atoms with Crippen LogP contribution >= 0.6 is 0 Å². The molecule has 0 saturated heterocycles. The van der Waals surface area contributed by atoms with Crippen LogP contribution in [0.4, 0.5) is 0 Å². The number of amides is 1. The largest absolute Gasteiger partial charge is 0.341 e. The summed E-state index contributed by atoms with van der Waals surface area (Å²) in [4.78, 5) is 54.0. The number of rotatable bonds is 10. The minimum Gasteiger partial charge on any atom is -0.341 e. The van der Waals surface area contributed by atoms with Crippen molar-refractivity contribution in [1.82, 2.24) is 5.48 Å². The number of hydroxylamine groups is 1.